The number of hydrogen-bond acceptors (Lipinski definition) is 4. The molecule has 1 rings (SSSR count). The first-order chi connectivity index (χ1) is 12.3. The molecule has 0 spiro atoms. The zero-order valence-corrected chi connectivity index (χ0v) is 16.3. The van der Waals surface area contributed by atoms with E-state index in [1.165, 1.54) is 5.56 Å². The van der Waals surface area contributed by atoms with E-state index in [9.17, 15) is 43.2 Å². The summed E-state index contributed by atoms with van der Waals surface area (Å²) >= 11 is 0. The van der Waals surface area contributed by atoms with Gasteiger partial charge in [-0.15, -0.1) is 0 Å². The minimum atomic E-state index is -6.72. The van der Waals surface area contributed by atoms with Crippen LogP contribution >= 0.6 is 0 Å². The summed E-state index contributed by atoms with van der Waals surface area (Å²) in [4.78, 5) is 0. The molecule has 0 atom stereocenters. The van der Waals surface area contributed by atoms with Gasteiger partial charge in [-0.1, -0.05) is 36.9 Å². The predicted molar refractivity (Wildman–Crippen MR) is 90.6 cm³/mol. The van der Waals surface area contributed by atoms with Crippen LogP contribution in [0.3, 0.4) is 0 Å². The summed E-state index contributed by atoms with van der Waals surface area (Å²) < 4.78 is 110. The van der Waals surface area contributed by atoms with Gasteiger partial charge in [0, 0.05) is 5.56 Å². The molecule has 0 N–H and O–H groups in total. The fourth-order valence-electron chi connectivity index (χ4n) is 1.71. The van der Waals surface area contributed by atoms with Gasteiger partial charge in [-0.25, -0.2) is 16.8 Å². The van der Waals surface area contributed by atoms with Crippen molar-refractivity contribution in [3.8, 4) is 0 Å². The second kappa shape index (κ2) is 9.24. The highest BCUT2D eigenvalue weighted by Crippen LogP contribution is 2.36. The molecular weight excluding hydrogens is 438 g/mol. The number of halogens is 6. The van der Waals surface area contributed by atoms with Gasteiger partial charge in [-0.3, -0.25) is 0 Å². The molecule has 0 aliphatic heterocycles. The summed E-state index contributed by atoms with van der Waals surface area (Å²) in [6, 6.07) is 10.6. The number of hydrogen-bond donors (Lipinski definition) is 0. The lowest BCUT2D eigenvalue weighted by atomic mass is 10.2. The van der Waals surface area contributed by atoms with Crippen LogP contribution in [0.1, 0.15) is 5.56 Å². The predicted octanol–water partition coefficient (Wildman–Crippen LogP) is 3.51. The fraction of sp³-hybridized carbons (Fsp3) is 0.429. The second-order valence-corrected chi connectivity index (χ2v) is 9.39. The van der Waals surface area contributed by atoms with Gasteiger partial charge >= 0.3 is 11.0 Å². The molecule has 0 amide bonds. The highest BCUT2D eigenvalue weighted by molar-refractivity contribution is 8.13. The van der Waals surface area contributed by atoms with E-state index in [1.807, 2.05) is 6.08 Å². The number of sulfonamides is 2. The van der Waals surface area contributed by atoms with Crippen molar-refractivity contribution < 1.29 is 47.7 Å². The third-order valence-electron chi connectivity index (χ3n) is 2.86. The van der Waals surface area contributed by atoms with E-state index in [1.54, 1.807) is 0 Å². The first kappa shape index (κ1) is 26.4. The molecule has 0 saturated heterocycles. The van der Waals surface area contributed by atoms with Gasteiger partial charge in [0.05, 0.1) is 20.6 Å². The number of alkyl halides is 6. The number of rotatable bonds is 6. The van der Waals surface area contributed by atoms with Crippen LogP contribution in [0.15, 0.2) is 43.0 Å². The van der Waals surface area contributed by atoms with Crippen LogP contribution in [-0.2, 0) is 26.6 Å². The molecular formula is C14H18F6N2O4S2. The average molecular weight is 456 g/mol. The normalized spacial score (nSPS) is 13.4. The van der Waals surface area contributed by atoms with Crippen molar-refractivity contribution in [3.05, 3.63) is 52.7 Å². The molecule has 14 heteroatoms. The molecule has 0 bridgehead atoms. The smallest absolute Gasteiger partial charge is 0.421 e. The Morgan fingerprint density at radius 1 is 0.929 bits per heavy atom. The quantitative estimate of drug-likeness (QED) is 0.373. The largest absolute Gasteiger partial charge is 0.480 e. The molecule has 0 saturated carbocycles. The van der Waals surface area contributed by atoms with Crippen LogP contribution < -0.4 is 0 Å². The zero-order valence-electron chi connectivity index (χ0n) is 14.7. The molecule has 0 aromatic heterocycles. The van der Waals surface area contributed by atoms with Crippen LogP contribution in [0.25, 0.3) is 4.13 Å². The highest BCUT2D eigenvalue weighted by atomic mass is 32.3. The van der Waals surface area contributed by atoms with Crippen molar-refractivity contribution in [2.24, 2.45) is 0 Å². The molecule has 0 heterocycles. The molecule has 1 aromatic carbocycles. The van der Waals surface area contributed by atoms with Crippen LogP contribution in [0, 0.1) is 0 Å². The summed E-state index contributed by atoms with van der Waals surface area (Å²) in [5.41, 5.74) is -11.0. The lowest BCUT2D eigenvalue weighted by Gasteiger charge is -2.28. The minimum absolute atomic E-state index is 0.778. The van der Waals surface area contributed by atoms with Gasteiger partial charge in [0.25, 0.3) is 0 Å². The molecule has 162 valence electrons. The number of nitrogens with zero attached hydrogens (tertiary/aromatic N) is 2. The number of quaternary nitrogens is 1. The Bertz CT molecular complexity index is 806. The minimum Gasteiger partial charge on any atom is -0.421 e. The van der Waals surface area contributed by atoms with Gasteiger partial charge in [-0.05, 0) is 6.08 Å². The molecule has 1 aromatic rings. The third kappa shape index (κ3) is 8.58. The molecule has 28 heavy (non-hydrogen) atoms. The van der Waals surface area contributed by atoms with E-state index in [2.05, 4.69) is 51.0 Å². The monoisotopic (exact) mass is 456 g/mol. The van der Waals surface area contributed by atoms with Crippen molar-refractivity contribution in [1.29, 1.82) is 0 Å². The SMILES string of the molecule is C=CC[N+](C)(C)Cc1ccccc1.O=S(=O)([N-]S(=O)(=O)C(F)(F)F)C(F)(F)F. The van der Waals surface area contributed by atoms with Gasteiger partial charge in [0.15, 0.2) is 20.0 Å². The fourth-order valence-corrected chi connectivity index (χ4v) is 3.41. The molecule has 0 radical (unpaired) electrons. The molecule has 0 unspecified atom stereocenters. The number of benzene rings is 1. The van der Waals surface area contributed by atoms with Gasteiger partial charge in [-0.2, -0.15) is 26.3 Å². The Morgan fingerprint density at radius 2 is 1.32 bits per heavy atom. The van der Waals surface area contributed by atoms with E-state index in [4.69, 9.17) is 0 Å². The Hall–Kier alpha value is -1.64. The summed E-state index contributed by atoms with van der Waals surface area (Å²) in [5, 5.41) is 0. The maximum absolute atomic E-state index is 11.4. The molecule has 6 nitrogen and oxygen atoms in total. The summed E-state index contributed by atoms with van der Waals surface area (Å²) in [6.45, 7) is 5.84. The first-order valence-electron chi connectivity index (χ1n) is 7.18. The van der Waals surface area contributed by atoms with Gasteiger partial charge in [0.2, 0.25) is 0 Å². The van der Waals surface area contributed by atoms with E-state index in [0.717, 1.165) is 21.7 Å². The van der Waals surface area contributed by atoms with E-state index in [-0.39, 0.29) is 0 Å². The lowest BCUT2D eigenvalue weighted by molar-refractivity contribution is -0.897. The summed E-state index contributed by atoms with van der Waals surface area (Å²) in [6.07, 6.45) is 1.98. The number of likely N-dealkylation sites (N-methyl/N-ethyl adjacent to an activating group) is 1. The van der Waals surface area contributed by atoms with Crippen LogP contribution in [-0.4, -0.2) is 53.0 Å². The van der Waals surface area contributed by atoms with Crippen molar-refractivity contribution in [2.75, 3.05) is 20.6 Å². The highest BCUT2D eigenvalue weighted by Gasteiger charge is 2.46. The third-order valence-corrected chi connectivity index (χ3v) is 5.60. The Balaban J connectivity index is 0.000000525. The van der Waals surface area contributed by atoms with Crippen molar-refractivity contribution in [2.45, 2.75) is 17.6 Å². The van der Waals surface area contributed by atoms with Gasteiger partial charge in [0.1, 0.15) is 6.54 Å². The molecule has 0 fully saturated rings. The van der Waals surface area contributed by atoms with E-state index >= 15 is 0 Å². The summed E-state index contributed by atoms with van der Waals surface area (Å²) in [7, 11) is -9.01. The first-order valence-corrected chi connectivity index (χ1v) is 10.1. The maximum atomic E-state index is 11.4. The molecule has 0 aliphatic carbocycles. The van der Waals surface area contributed by atoms with Crippen LogP contribution in [0.4, 0.5) is 26.3 Å². The van der Waals surface area contributed by atoms with E-state index in [0.29, 0.717) is 0 Å². The van der Waals surface area contributed by atoms with Crippen LogP contribution in [0.5, 0.6) is 0 Å². The Labute approximate surface area is 159 Å². The topological polar surface area (TPSA) is 82.4 Å². The maximum Gasteiger partial charge on any atom is 0.480 e. The summed E-state index contributed by atoms with van der Waals surface area (Å²) in [5.74, 6) is 0. The van der Waals surface area contributed by atoms with Crippen LogP contribution in [0.2, 0.25) is 0 Å². The molecule has 0 aliphatic rings. The van der Waals surface area contributed by atoms with Crippen molar-refractivity contribution in [1.82, 2.24) is 0 Å². The Morgan fingerprint density at radius 3 is 1.64 bits per heavy atom. The zero-order chi connectivity index (χ0) is 22.4. The van der Waals surface area contributed by atoms with Gasteiger partial charge < -0.3 is 8.61 Å². The Kier molecular flexibility index (Phi) is 8.70. The standard InChI is InChI=1S/C12H18N.C2F6NO4S2/c1-4-10-13(2,3)11-12-8-6-5-7-9-12;3-1(4,5)14(10,11)9-15(12,13)2(6,7)8/h4-9H,1,10-11H2,2-3H3;/q+1;-1. The van der Waals surface area contributed by atoms with Crippen molar-refractivity contribution in [3.63, 3.8) is 0 Å². The lowest BCUT2D eigenvalue weighted by Crippen LogP contribution is -2.38. The van der Waals surface area contributed by atoms with E-state index < -0.39 is 31.1 Å². The second-order valence-electron chi connectivity index (χ2n) is 5.97. The van der Waals surface area contributed by atoms with Crippen molar-refractivity contribution >= 4 is 20.0 Å². The average Bonchev–Trinajstić information content (AvgIpc) is 2.44.